The van der Waals surface area contributed by atoms with E-state index >= 15 is 0 Å². The molecule has 1 unspecified atom stereocenters. The third-order valence-electron chi connectivity index (χ3n) is 4.11. The Labute approximate surface area is 134 Å². The van der Waals surface area contributed by atoms with E-state index in [-0.39, 0.29) is 11.9 Å². The smallest absolute Gasteiger partial charge is 0.276 e. The summed E-state index contributed by atoms with van der Waals surface area (Å²) in [6.45, 7) is 3.40. The fourth-order valence-electron chi connectivity index (χ4n) is 2.82. The maximum Gasteiger partial charge on any atom is 0.276 e. The van der Waals surface area contributed by atoms with Crippen LogP contribution in [0.25, 0.3) is 0 Å². The Balaban J connectivity index is 1.73. The third-order valence-corrected chi connectivity index (χ3v) is 4.48. The first kappa shape index (κ1) is 15.0. The van der Waals surface area contributed by atoms with Crippen LogP contribution in [0.2, 0.25) is 5.02 Å². The summed E-state index contributed by atoms with van der Waals surface area (Å²) in [5, 5.41) is 8.77. The molecule has 1 fully saturated rings. The number of amides is 1. The van der Waals surface area contributed by atoms with Crippen LogP contribution in [0.5, 0.6) is 0 Å². The lowest BCUT2D eigenvalue weighted by molar-refractivity contribution is 0.0629. The van der Waals surface area contributed by atoms with E-state index in [2.05, 4.69) is 17.2 Å². The van der Waals surface area contributed by atoms with Crippen molar-refractivity contribution in [3.05, 3.63) is 46.7 Å². The molecular weight excluding hydrogens is 300 g/mol. The summed E-state index contributed by atoms with van der Waals surface area (Å²) in [7, 11) is 0. The summed E-state index contributed by atoms with van der Waals surface area (Å²) in [5.41, 5.74) is 1.36. The van der Waals surface area contributed by atoms with Crippen LogP contribution in [-0.2, 0) is 6.54 Å². The number of nitrogens with zero attached hydrogens (tertiary/aromatic N) is 4. The van der Waals surface area contributed by atoms with Gasteiger partial charge in [-0.2, -0.15) is 0 Å². The molecule has 1 amide bonds. The molecule has 1 aliphatic heterocycles. The van der Waals surface area contributed by atoms with Crippen molar-refractivity contribution in [2.24, 2.45) is 0 Å². The van der Waals surface area contributed by atoms with Gasteiger partial charge in [0, 0.05) is 17.6 Å². The van der Waals surface area contributed by atoms with Gasteiger partial charge in [-0.25, -0.2) is 4.68 Å². The highest BCUT2D eigenvalue weighted by molar-refractivity contribution is 6.31. The number of aromatic nitrogens is 3. The van der Waals surface area contributed by atoms with Crippen LogP contribution >= 0.6 is 11.6 Å². The summed E-state index contributed by atoms with van der Waals surface area (Å²) in [6, 6.07) is 7.88. The standard InChI is InChI=1S/C16H19ClN4O/c1-12-6-4-5-9-21(12)16(22)15-11-20(19-18-15)10-13-7-2-3-8-14(13)17/h2-3,7-8,11-12H,4-6,9-10H2,1H3. The molecule has 0 aliphatic carbocycles. The largest absolute Gasteiger partial charge is 0.335 e. The normalized spacial score (nSPS) is 18.5. The SMILES string of the molecule is CC1CCCCN1C(=O)c1cn(Cc2ccccc2Cl)nn1. The molecule has 0 N–H and O–H groups in total. The number of benzene rings is 1. The second kappa shape index (κ2) is 6.48. The highest BCUT2D eigenvalue weighted by Crippen LogP contribution is 2.19. The molecule has 2 heterocycles. The van der Waals surface area contributed by atoms with Gasteiger partial charge in [0.25, 0.3) is 5.91 Å². The molecule has 2 aromatic rings. The van der Waals surface area contributed by atoms with E-state index in [0.717, 1.165) is 24.9 Å². The Bertz CT molecular complexity index is 670. The van der Waals surface area contributed by atoms with Crippen LogP contribution in [-0.4, -0.2) is 38.4 Å². The number of rotatable bonds is 3. The molecular formula is C16H19ClN4O. The predicted molar refractivity (Wildman–Crippen MR) is 84.9 cm³/mol. The predicted octanol–water partition coefficient (Wildman–Crippen LogP) is 2.99. The van der Waals surface area contributed by atoms with E-state index in [1.165, 1.54) is 6.42 Å². The van der Waals surface area contributed by atoms with Crippen molar-refractivity contribution >= 4 is 17.5 Å². The lowest BCUT2D eigenvalue weighted by Crippen LogP contribution is -2.42. The zero-order valence-electron chi connectivity index (χ0n) is 12.6. The number of hydrogen-bond acceptors (Lipinski definition) is 3. The second-order valence-electron chi connectivity index (χ2n) is 5.74. The molecule has 3 rings (SSSR count). The minimum absolute atomic E-state index is 0.0300. The number of halogens is 1. The first-order valence-corrected chi connectivity index (χ1v) is 7.97. The van der Waals surface area contributed by atoms with E-state index in [1.807, 2.05) is 29.2 Å². The zero-order chi connectivity index (χ0) is 15.5. The van der Waals surface area contributed by atoms with Crippen molar-refractivity contribution in [1.29, 1.82) is 0 Å². The lowest BCUT2D eigenvalue weighted by atomic mass is 10.0. The van der Waals surface area contributed by atoms with Crippen LogP contribution in [0, 0.1) is 0 Å². The summed E-state index contributed by atoms with van der Waals surface area (Å²) in [4.78, 5) is 14.4. The van der Waals surface area contributed by atoms with E-state index in [4.69, 9.17) is 11.6 Å². The van der Waals surface area contributed by atoms with Gasteiger partial charge in [0.05, 0.1) is 12.7 Å². The Morgan fingerprint density at radius 3 is 2.95 bits per heavy atom. The Hall–Kier alpha value is -1.88. The molecule has 116 valence electrons. The molecule has 1 aromatic carbocycles. The number of piperidine rings is 1. The molecule has 0 radical (unpaired) electrons. The molecule has 1 aromatic heterocycles. The molecule has 5 nitrogen and oxygen atoms in total. The molecule has 6 heteroatoms. The van der Waals surface area contributed by atoms with Gasteiger partial charge < -0.3 is 4.90 Å². The first-order chi connectivity index (χ1) is 10.6. The highest BCUT2D eigenvalue weighted by atomic mass is 35.5. The van der Waals surface area contributed by atoms with Crippen LogP contribution < -0.4 is 0 Å². The highest BCUT2D eigenvalue weighted by Gasteiger charge is 2.26. The van der Waals surface area contributed by atoms with Gasteiger partial charge in [-0.05, 0) is 37.8 Å². The van der Waals surface area contributed by atoms with Crippen molar-refractivity contribution in [2.75, 3.05) is 6.54 Å². The maximum atomic E-state index is 12.5. The van der Waals surface area contributed by atoms with Crippen molar-refractivity contribution in [3.63, 3.8) is 0 Å². The van der Waals surface area contributed by atoms with Crippen LogP contribution in [0.3, 0.4) is 0 Å². The third kappa shape index (κ3) is 3.14. The molecule has 1 aliphatic rings. The Morgan fingerprint density at radius 2 is 2.18 bits per heavy atom. The van der Waals surface area contributed by atoms with Gasteiger partial charge >= 0.3 is 0 Å². The average Bonchev–Trinajstić information content (AvgIpc) is 2.98. The second-order valence-corrected chi connectivity index (χ2v) is 6.14. The lowest BCUT2D eigenvalue weighted by Gasteiger charge is -2.32. The van der Waals surface area contributed by atoms with Gasteiger partial charge in [0.1, 0.15) is 0 Å². The fourth-order valence-corrected chi connectivity index (χ4v) is 3.02. The minimum Gasteiger partial charge on any atom is -0.335 e. The number of hydrogen-bond donors (Lipinski definition) is 0. The van der Waals surface area contributed by atoms with Crippen molar-refractivity contribution in [1.82, 2.24) is 19.9 Å². The summed E-state index contributed by atoms with van der Waals surface area (Å²) < 4.78 is 1.66. The van der Waals surface area contributed by atoms with E-state index in [0.29, 0.717) is 17.3 Å². The van der Waals surface area contributed by atoms with Crippen LogP contribution in [0.1, 0.15) is 42.2 Å². The van der Waals surface area contributed by atoms with E-state index in [1.54, 1.807) is 10.9 Å². The topological polar surface area (TPSA) is 51.0 Å². The Kier molecular flexibility index (Phi) is 4.43. The number of carbonyl (C=O) groups is 1. The fraction of sp³-hybridized carbons (Fsp3) is 0.438. The van der Waals surface area contributed by atoms with E-state index < -0.39 is 0 Å². The molecule has 0 spiro atoms. The summed E-state index contributed by atoms with van der Waals surface area (Å²) in [5.74, 6) is -0.0300. The maximum absolute atomic E-state index is 12.5. The van der Waals surface area contributed by atoms with Gasteiger partial charge in [0.2, 0.25) is 0 Å². The average molecular weight is 319 g/mol. The molecule has 0 bridgehead atoms. The van der Waals surface area contributed by atoms with Crippen molar-refractivity contribution < 1.29 is 4.79 Å². The molecule has 1 saturated heterocycles. The Morgan fingerprint density at radius 1 is 1.36 bits per heavy atom. The van der Waals surface area contributed by atoms with Crippen molar-refractivity contribution in [2.45, 2.75) is 38.8 Å². The van der Waals surface area contributed by atoms with E-state index in [9.17, 15) is 4.79 Å². The quantitative estimate of drug-likeness (QED) is 0.874. The van der Waals surface area contributed by atoms with Crippen LogP contribution in [0.15, 0.2) is 30.5 Å². The van der Waals surface area contributed by atoms with Gasteiger partial charge in [0.15, 0.2) is 5.69 Å². The number of carbonyl (C=O) groups excluding carboxylic acids is 1. The molecule has 0 saturated carbocycles. The zero-order valence-corrected chi connectivity index (χ0v) is 13.3. The summed E-state index contributed by atoms with van der Waals surface area (Å²) >= 11 is 6.15. The number of likely N-dealkylation sites (tertiary alicyclic amines) is 1. The van der Waals surface area contributed by atoms with Gasteiger partial charge in [-0.1, -0.05) is 35.0 Å². The minimum atomic E-state index is -0.0300. The first-order valence-electron chi connectivity index (χ1n) is 7.59. The van der Waals surface area contributed by atoms with Crippen LogP contribution in [0.4, 0.5) is 0 Å². The van der Waals surface area contributed by atoms with Crippen molar-refractivity contribution in [3.8, 4) is 0 Å². The molecule has 22 heavy (non-hydrogen) atoms. The monoisotopic (exact) mass is 318 g/mol. The summed E-state index contributed by atoms with van der Waals surface area (Å²) in [6.07, 6.45) is 5.00. The van der Waals surface area contributed by atoms with Gasteiger partial charge in [-0.3, -0.25) is 4.79 Å². The molecule has 1 atom stereocenters. The van der Waals surface area contributed by atoms with Gasteiger partial charge in [-0.15, -0.1) is 5.10 Å².